The van der Waals surface area contributed by atoms with Gasteiger partial charge in [0.2, 0.25) is 0 Å². The van der Waals surface area contributed by atoms with Gasteiger partial charge in [-0.25, -0.2) is 14.8 Å². The van der Waals surface area contributed by atoms with E-state index < -0.39 is 0 Å². The maximum atomic E-state index is 12.0. The molecule has 1 aliphatic rings. The van der Waals surface area contributed by atoms with E-state index in [1.807, 2.05) is 33.2 Å². The number of rotatable bonds is 5. The van der Waals surface area contributed by atoms with Crippen LogP contribution in [0.5, 0.6) is 0 Å². The van der Waals surface area contributed by atoms with E-state index in [9.17, 15) is 4.79 Å². The molecule has 0 N–H and O–H groups in total. The molecule has 0 saturated carbocycles. The SMILES string of the molecule is CCOC(=O)c1sc(N2CCCC2Cn2ccnc2C)nc1C. The quantitative estimate of drug-likeness (QED) is 0.787. The Hall–Kier alpha value is -1.89. The molecule has 2 aromatic heterocycles. The van der Waals surface area contributed by atoms with Crippen molar-refractivity contribution in [3.8, 4) is 0 Å². The van der Waals surface area contributed by atoms with E-state index in [1.54, 1.807) is 0 Å². The first-order valence-corrected chi connectivity index (χ1v) is 8.80. The number of ether oxygens (including phenoxy) is 1. The van der Waals surface area contributed by atoms with Crippen LogP contribution in [0, 0.1) is 13.8 Å². The predicted molar refractivity (Wildman–Crippen MR) is 90.1 cm³/mol. The second kappa shape index (κ2) is 6.70. The van der Waals surface area contributed by atoms with Crippen molar-refractivity contribution in [3.05, 3.63) is 28.8 Å². The molecule has 0 amide bonds. The first-order valence-electron chi connectivity index (χ1n) is 7.99. The molecule has 1 unspecified atom stereocenters. The molecule has 1 saturated heterocycles. The summed E-state index contributed by atoms with van der Waals surface area (Å²) in [6.45, 7) is 7.98. The highest BCUT2D eigenvalue weighted by molar-refractivity contribution is 7.17. The molecule has 1 aliphatic heterocycles. The summed E-state index contributed by atoms with van der Waals surface area (Å²) < 4.78 is 7.29. The summed E-state index contributed by atoms with van der Waals surface area (Å²) in [5.74, 6) is 0.759. The zero-order valence-electron chi connectivity index (χ0n) is 13.8. The number of aryl methyl sites for hydroxylation is 2. The van der Waals surface area contributed by atoms with Gasteiger partial charge in [0.05, 0.1) is 12.3 Å². The van der Waals surface area contributed by atoms with E-state index in [0.29, 0.717) is 17.5 Å². The Morgan fingerprint density at radius 1 is 1.48 bits per heavy atom. The number of hydrogen-bond donors (Lipinski definition) is 0. The molecule has 23 heavy (non-hydrogen) atoms. The third-order valence-corrected chi connectivity index (χ3v) is 5.37. The number of hydrogen-bond acceptors (Lipinski definition) is 6. The lowest BCUT2D eigenvalue weighted by molar-refractivity contribution is 0.0531. The molecule has 3 rings (SSSR count). The van der Waals surface area contributed by atoms with Crippen LogP contribution in [0.3, 0.4) is 0 Å². The van der Waals surface area contributed by atoms with Crippen molar-refractivity contribution in [2.75, 3.05) is 18.1 Å². The Labute approximate surface area is 140 Å². The summed E-state index contributed by atoms with van der Waals surface area (Å²) >= 11 is 1.44. The highest BCUT2D eigenvalue weighted by atomic mass is 32.1. The Balaban J connectivity index is 1.79. The Bertz CT molecular complexity index is 694. The van der Waals surface area contributed by atoms with E-state index >= 15 is 0 Å². The van der Waals surface area contributed by atoms with Crippen molar-refractivity contribution < 1.29 is 9.53 Å². The fourth-order valence-corrected chi connectivity index (χ4v) is 4.05. The summed E-state index contributed by atoms with van der Waals surface area (Å²) in [6, 6.07) is 0.392. The van der Waals surface area contributed by atoms with Crippen molar-refractivity contribution >= 4 is 22.4 Å². The molecule has 0 spiro atoms. The number of anilines is 1. The molecule has 7 heteroatoms. The van der Waals surface area contributed by atoms with Gasteiger partial charge < -0.3 is 14.2 Å². The molecule has 0 aromatic carbocycles. The van der Waals surface area contributed by atoms with Crippen LogP contribution in [0.1, 0.15) is 41.0 Å². The number of nitrogens with zero attached hydrogens (tertiary/aromatic N) is 4. The second-order valence-corrected chi connectivity index (χ2v) is 6.73. The highest BCUT2D eigenvalue weighted by Crippen LogP contribution is 2.32. The van der Waals surface area contributed by atoms with Gasteiger partial charge in [0, 0.05) is 31.5 Å². The Morgan fingerprint density at radius 3 is 3.00 bits per heavy atom. The van der Waals surface area contributed by atoms with Crippen LogP contribution in [0.15, 0.2) is 12.4 Å². The summed E-state index contributed by atoms with van der Waals surface area (Å²) in [5, 5.41) is 0.922. The molecule has 2 aromatic rings. The lowest BCUT2D eigenvalue weighted by atomic mass is 10.2. The summed E-state index contributed by atoms with van der Waals surface area (Å²) in [4.78, 5) is 23.8. The van der Waals surface area contributed by atoms with Crippen LogP contribution >= 0.6 is 11.3 Å². The number of carbonyl (C=O) groups is 1. The minimum atomic E-state index is -0.269. The van der Waals surface area contributed by atoms with Crippen molar-refractivity contribution in [1.29, 1.82) is 0 Å². The summed E-state index contributed by atoms with van der Waals surface area (Å²) in [6.07, 6.45) is 6.13. The minimum Gasteiger partial charge on any atom is -0.462 e. The average Bonchev–Trinajstić information content (AvgIpc) is 3.21. The number of esters is 1. The van der Waals surface area contributed by atoms with Gasteiger partial charge in [0.1, 0.15) is 10.7 Å². The number of thiazole rings is 1. The number of aromatic nitrogens is 3. The van der Waals surface area contributed by atoms with Crippen molar-refractivity contribution in [2.45, 2.75) is 46.2 Å². The Kier molecular flexibility index (Phi) is 4.66. The molecule has 124 valence electrons. The standard InChI is InChI=1S/C16H22N4O2S/c1-4-22-15(21)14-11(2)18-16(23-14)20-8-5-6-13(20)10-19-9-7-17-12(19)3/h7,9,13H,4-6,8,10H2,1-3H3. The molecular formula is C16H22N4O2S. The van der Waals surface area contributed by atoms with Crippen molar-refractivity contribution in [1.82, 2.24) is 14.5 Å². The van der Waals surface area contributed by atoms with Gasteiger partial charge in [0.25, 0.3) is 0 Å². The van der Waals surface area contributed by atoms with Crippen LogP contribution in [-0.4, -0.2) is 39.7 Å². The largest absolute Gasteiger partial charge is 0.462 e. The molecule has 3 heterocycles. The van der Waals surface area contributed by atoms with Crippen molar-refractivity contribution in [2.24, 2.45) is 0 Å². The number of carbonyl (C=O) groups excluding carboxylic acids is 1. The zero-order chi connectivity index (χ0) is 16.4. The smallest absolute Gasteiger partial charge is 0.350 e. The third kappa shape index (κ3) is 3.24. The lowest BCUT2D eigenvalue weighted by Gasteiger charge is -2.24. The molecule has 0 aliphatic carbocycles. The number of imidazole rings is 1. The average molecular weight is 334 g/mol. The van der Waals surface area contributed by atoms with E-state index in [2.05, 4.69) is 19.4 Å². The van der Waals surface area contributed by atoms with Crippen LogP contribution in [0.25, 0.3) is 0 Å². The van der Waals surface area contributed by atoms with E-state index in [-0.39, 0.29) is 5.97 Å². The first-order chi connectivity index (χ1) is 11.1. The van der Waals surface area contributed by atoms with Gasteiger partial charge in [-0.15, -0.1) is 0 Å². The van der Waals surface area contributed by atoms with Crippen LogP contribution < -0.4 is 4.90 Å². The van der Waals surface area contributed by atoms with Crippen LogP contribution in [-0.2, 0) is 11.3 Å². The second-order valence-electron chi connectivity index (χ2n) is 5.75. The molecule has 1 fully saturated rings. The minimum absolute atomic E-state index is 0.269. The molecule has 6 nitrogen and oxygen atoms in total. The first kappa shape index (κ1) is 16.0. The van der Waals surface area contributed by atoms with Gasteiger partial charge in [-0.3, -0.25) is 0 Å². The molecule has 0 radical (unpaired) electrons. The van der Waals surface area contributed by atoms with E-state index in [1.165, 1.54) is 11.3 Å². The maximum absolute atomic E-state index is 12.0. The summed E-state index contributed by atoms with van der Waals surface area (Å²) in [5.41, 5.74) is 0.757. The Morgan fingerprint density at radius 2 is 2.30 bits per heavy atom. The van der Waals surface area contributed by atoms with Gasteiger partial charge >= 0.3 is 5.97 Å². The van der Waals surface area contributed by atoms with Crippen molar-refractivity contribution in [3.63, 3.8) is 0 Å². The van der Waals surface area contributed by atoms with Gasteiger partial charge in [-0.05, 0) is 33.6 Å². The van der Waals surface area contributed by atoms with E-state index in [4.69, 9.17) is 4.74 Å². The van der Waals surface area contributed by atoms with Crippen LogP contribution in [0.4, 0.5) is 5.13 Å². The van der Waals surface area contributed by atoms with E-state index in [0.717, 1.165) is 42.6 Å². The fraction of sp³-hybridized carbons (Fsp3) is 0.562. The zero-order valence-corrected chi connectivity index (χ0v) is 14.6. The molecule has 1 atom stereocenters. The lowest BCUT2D eigenvalue weighted by Crippen LogP contribution is -2.33. The monoisotopic (exact) mass is 334 g/mol. The summed E-state index contributed by atoms with van der Waals surface area (Å²) in [7, 11) is 0. The van der Waals surface area contributed by atoms with Gasteiger partial charge in [-0.2, -0.15) is 0 Å². The fourth-order valence-electron chi connectivity index (χ4n) is 2.99. The maximum Gasteiger partial charge on any atom is 0.350 e. The third-order valence-electron chi connectivity index (χ3n) is 4.20. The highest BCUT2D eigenvalue weighted by Gasteiger charge is 2.29. The predicted octanol–water partition coefficient (Wildman–Crippen LogP) is 2.80. The topological polar surface area (TPSA) is 60.2 Å². The van der Waals surface area contributed by atoms with Gasteiger partial charge in [-0.1, -0.05) is 11.3 Å². The molecule has 0 bridgehead atoms. The molecular weight excluding hydrogens is 312 g/mol. The van der Waals surface area contributed by atoms with Gasteiger partial charge in [0.15, 0.2) is 5.13 Å². The van der Waals surface area contributed by atoms with Crippen LogP contribution in [0.2, 0.25) is 0 Å². The normalized spacial score (nSPS) is 17.7.